The van der Waals surface area contributed by atoms with Crippen LogP contribution in [0.1, 0.15) is 47.8 Å². The molecule has 0 unspecified atom stereocenters. The van der Waals surface area contributed by atoms with E-state index < -0.39 is 23.0 Å². The zero-order valence-electron chi connectivity index (χ0n) is 20.8. The van der Waals surface area contributed by atoms with Crippen molar-refractivity contribution in [3.8, 4) is 0 Å². The molecule has 2 atom stereocenters. The molecule has 10 heteroatoms. The third-order valence-electron chi connectivity index (χ3n) is 7.28. The topological polar surface area (TPSA) is 94.1 Å². The second kappa shape index (κ2) is 10.1. The monoisotopic (exact) mass is 517 g/mol. The van der Waals surface area contributed by atoms with Gasteiger partial charge in [-0.3, -0.25) is 14.8 Å². The molecular formula is C26H30ClF2N5O2. The van der Waals surface area contributed by atoms with Gasteiger partial charge in [0.1, 0.15) is 5.82 Å². The second-order valence-electron chi connectivity index (χ2n) is 9.78. The van der Waals surface area contributed by atoms with Crippen LogP contribution >= 0.6 is 11.6 Å². The van der Waals surface area contributed by atoms with E-state index in [1.807, 2.05) is 13.8 Å². The highest BCUT2D eigenvalue weighted by Gasteiger charge is 2.45. The summed E-state index contributed by atoms with van der Waals surface area (Å²) in [6, 6.07) is 6.51. The number of aliphatic carboxylic acids is 1. The van der Waals surface area contributed by atoms with Crippen molar-refractivity contribution in [3.63, 3.8) is 0 Å². The lowest BCUT2D eigenvalue weighted by molar-refractivity contribution is -0.153. The number of hydrogen-bond donors (Lipinski definition) is 3. The quantitative estimate of drug-likeness (QED) is 0.372. The van der Waals surface area contributed by atoms with E-state index >= 15 is 4.39 Å². The highest BCUT2D eigenvalue weighted by atomic mass is 35.5. The average molecular weight is 518 g/mol. The van der Waals surface area contributed by atoms with Crippen LogP contribution in [0, 0.1) is 37.8 Å². The van der Waals surface area contributed by atoms with Gasteiger partial charge in [0, 0.05) is 42.0 Å². The summed E-state index contributed by atoms with van der Waals surface area (Å²) in [5.74, 6) is -1.41. The lowest BCUT2D eigenvalue weighted by Gasteiger charge is -2.43. The maximum atomic E-state index is 15.0. The number of carboxylic acid groups (broad SMARTS) is 1. The Bertz CT molecular complexity index is 1300. The molecule has 4 rings (SSSR count). The number of hydrogen-bond acceptors (Lipinski definition) is 5. The number of aryl methyl sites for hydroxylation is 1. The Morgan fingerprint density at radius 1 is 1.28 bits per heavy atom. The largest absolute Gasteiger partial charge is 0.481 e. The van der Waals surface area contributed by atoms with Crippen LogP contribution in [0.25, 0.3) is 0 Å². The van der Waals surface area contributed by atoms with E-state index in [1.165, 1.54) is 6.07 Å². The van der Waals surface area contributed by atoms with Crippen molar-refractivity contribution in [2.75, 3.05) is 11.9 Å². The molecule has 1 fully saturated rings. The summed E-state index contributed by atoms with van der Waals surface area (Å²) in [5, 5.41) is 20.2. The van der Waals surface area contributed by atoms with Crippen molar-refractivity contribution in [2.45, 2.75) is 59.5 Å². The number of benzene rings is 1. The van der Waals surface area contributed by atoms with Gasteiger partial charge in [-0.1, -0.05) is 23.7 Å². The summed E-state index contributed by atoms with van der Waals surface area (Å²) in [7, 11) is 0. The smallest absolute Gasteiger partial charge is 0.310 e. The molecule has 0 aliphatic carbocycles. The summed E-state index contributed by atoms with van der Waals surface area (Å²) in [4.78, 5) is 19.2. The number of aromatic nitrogens is 3. The third-order valence-corrected chi connectivity index (χ3v) is 7.58. The van der Waals surface area contributed by atoms with Crippen molar-refractivity contribution in [1.29, 1.82) is 0 Å². The molecule has 3 aromatic rings. The van der Waals surface area contributed by atoms with E-state index in [2.05, 4.69) is 25.4 Å². The normalized spacial score (nSPS) is 20.5. The second-order valence-corrected chi connectivity index (χ2v) is 10.2. The van der Waals surface area contributed by atoms with Gasteiger partial charge in [0.05, 0.1) is 10.4 Å². The average Bonchev–Trinajstić information content (AvgIpc) is 3.24. The van der Waals surface area contributed by atoms with Gasteiger partial charge >= 0.3 is 5.97 Å². The van der Waals surface area contributed by atoms with E-state index in [0.717, 1.165) is 5.69 Å². The molecule has 7 nitrogen and oxygen atoms in total. The highest BCUT2D eigenvalue weighted by Crippen LogP contribution is 2.40. The maximum Gasteiger partial charge on any atom is 0.310 e. The Hall–Kier alpha value is -3.04. The maximum absolute atomic E-state index is 15.0. The van der Waals surface area contributed by atoms with Gasteiger partial charge in [-0.2, -0.15) is 5.10 Å². The lowest BCUT2D eigenvalue weighted by atomic mass is 9.71. The minimum Gasteiger partial charge on any atom is -0.481 e. The minimum absolute atomic E-state index is 0.0158. The molecule has 1 saturated heterocycles. The van der Waals surface area contributed by atoms with Crippen LogP contribution in [0.2, 0.25) is 5.02 Å². The predicted octanol–water partition coefficient (Wildman–Crippen LogP) is 5.70. The number of H-pyrrole nitrogens is 1. The van der Waals surface area contributed by atoms with Crippen LogP contribution in [0.3, 0.4) is 0 Å². The number of carboxylic acids is 1. The Morgan fingerprint density at radius 3 is 2.67 bits per heavy atom. The van der Waals surface area contributed by atoms with Crippen molar-refractivity contribution in [2.24, 2.45) is 5.41 Å². The highest BCUT2D eigenvalue weighted by molar-refractivity contribution is 6.30. The molecule has 0 amide bonds. The molecule has 36 heavy (non-hydrogen) atoms. The van der Waals surface area contributed by atoms with Crippen LogP contribution in [0.4, 0.5) is 20.4 Å². The molecule has 3 N–H and O–H groups in total. The van der Waals surface area contributed by atoms with Crippen LogP contribution in [-0.4, -0.2) is 43.7 Å². The van der Waals surface area contributed by atoms with E-state index in [0.29, 0.717) is 54.1 Å². The molecule has 0 radical (unpaired) electrons. The predicted molar refractivity (Wildman–Crippen MR) is 135 cm³/mol. The molecular weight excluding hydrogens is 488 g/mol. The molecule has 1 aliphatic heterocycles. The number of rotatable bonds is 7. The lowest BCUT2D eigenvalue weighted by Crippen LogP contribution is -2.50. The molecule has 1 aliphatic rings. The van der Waals surface area contributed by atoms with Gasteiger partial charge in [0.25, 0.3) is 0 Å². The fraction of sp³-hybridized carbons (Fsp3) is 0.423. The van der Waals surface area contributed by atoms with E-state index in [4.69, 9.17) is 11.6 Å². The first-order valence-electron chi connectivity index (χ1n) is 11.9. The Labute approximate surface area is 213 Å². The SMILES string of the molecule is Cc1cc(Nc2nc(C[C@@]3(C(=O)O)CCN(Cc4cccc(Cl)c4F)[C@H](C)C3)c(C)c(C)c2F)n[nH]1. The minimum atomic E-state index is -1.08. The zero-order chi connectivity index (χ0) is 26.2. The van der Waals surface area contributed by atoms with Crippen molar-refractivity contribution < 1.29 is 18.7 Å². The molecule has 0 saturated carbocycles. The number of nitrogens with zero attached hydrogens (tertiary/aromatic N) is 3. The molecule has 0 bridgehead atoms. The summed E-state index contributed by atoms with van der Waals surface area (Å²) >= 11 is 5.93. The number of likely N-dealkylation sites (tertiary alicyclic amines) is 1. The Kier molecular flexibility index (Phi) is 7.33. The zero-order valence-corrected chi connectivity index (χ0v) is 21.5. The van der Waals surface area contributed by atoms with Crippen molar-refractivity contribution in [1.82, 2.24) is 20.1 Å². The van der Waals surface area contributed by atoms with E-state index in [9.17, 15) is 14.3 Å². The summed E-state index contributed by atoms with van der Waals surface area (Å²) < 4.78 is 29.5. The Morgan fingerprint density at radius 2 is 2.03 bits per heavy atom. The van der Waals surface area contributed by atoms with Crippen molar-refractivity contribution >= 4 is 29.2 Å². The van der Waals surface area contributed by atoms with E-state index in [-0.39, 0.29) is 23.3 Å². The first-order valence-corrected chi connectivity index (χ1v) is 12.2. The number of halogens is 3. The molecule has 1 aromatic carbocycles. The third kappa shape index (κ3) is 5.08. The fourth-order valence-electron chi connectivity index (χ4n) is 4.93. The first-order chi connectivity index (χ1) is 17.0. The standard InChI is InChI=1S/C26H30ClF2N5O2/c1-14-10-21(33-32-14)31-24-22(28)17(4)16(3)20(30-24)12-26(25(35)36)8-9-34(15(2)11-26)13-18-6-5-7-19(27)23(18)29/h5-7,10,15H,8-9,11-13H2,1-4H3,(H,35,36)(H2,30,31,32,33)/t15-,26-/m1/s1. The van der Waals surface area contributed by atoms with Gasteiger partial charge < -0.3 is 10.4 Å². The van der Waals surface area contributed by atoms with Crippen LogP contribution < -0.4 is 5.32 Å². The fourth-order valence-corrected chi connectivity index (χ4v) is 5.13. The summed E-state index contributed by atoms with van der Waals surface area (Å²) in [6.07, 6.45) is 0.865. The molecule has 2 aromatic heterocycles. The van der Waals surface area contributed by atoms with Gasteiger partial charge in [-0.15, -0.1) is 0 Å². The number of piperidine rings is 1. The molecule has 0 spiro atoms. The number of aromatic amines is 1. The van der Waals surface area contributed by atoms with Gasteiger partial charge in [-0.05, 0) is 64.3 Å². The van der Waals surface area contributed by atoms with Crippen LogP contribution in [0.5, 0.6) is 0 Å². The number of anilines is 2. The summed E-state index contributed by atoms with van der Waals surface area (Å²) in [5.41, 5.74) is 1.79. The van der Waals surface area contributed by atoms with Gasteiger partial charge in [0.2, 0.25) is 0 Å². The number of pyridine rings is 1. The van der Waals surface area contributed by atoms with E-state index in [1.54, 1.807) is 32.0 Å². The number of carbonyl (C=O) groups is 1. The van der Waals surface area contributed by atoms with Crippen LogP contribution in [-0.2, 0) is 17.8 Å². The summed E-state index contributed by atoms with van der Waals surface area (Å²) in [6.45, 7) is 8.01. The first kappa shape index (κ1) is 26.0. The van der Waals surface area contributed by atoms with Crippen molar-refractivity contribution in [3.05, 3.63) is 69.0 Å². The van der Waals surface area contributed by atoms with Gasteiger partial charge in [0.15, 0.2) is 17.5 Å². The Balaban J connectivity index is 1.58. The van der Waals surface area contributed by atoms with Gasteiger partial charge in [-0.25, -0.2) is 13.8 Å². The molecule has 3 heterocycles. The number of nitrogens with one attached hydrogen (secondary N) is 2. The van der Waals surface area contributed by atoms with Crippen LogP contribution in [0.15, 0.2) is 24.3 Å². The molecule has 192 valence electrons.